The lowest BCUT2D eigenvalue weighted by atomic mass is 9.78. The van der Waals surface area contributed by atoms with Crippen LogP contribution < -0.4 is 0 Å². The number of hydrogen-bond acceptors (Lipinski definition) is 13. The van der Waals surface area contributed by atoms with Gasteiger partial charge in [-0.1, -0.05) is 71.1 Å². The molecule has 4 aliphatic rings. The summed E-state index contributed by atoms with van der Waals surface area (Å²) in [6.07, 6.45) is 11.2. The number of aliphatic hydroxyl groups excluding tert-OH is 2. The van der Waals surface area contributed by atoms with Gasteiger partial charge < -0.3 is 43.9 Å². The van der Waals surface area contributed by atoms with Crippen LogP contribution in [-0.2, 0) is 47.7 Å². The molecule has 15 atom stereocenters. The van der Waals surface area contributed by atoms with E-state index < -0.39 is 83.9 Å². The maximum Gasteiger partial charge on any atom is 0.329 e. The number of hydrogen-bond donors (Lipinski definition) is 3. The van der Waals surface area contributed by atoms with Gasteiger partial charge in [0.25, 0.3) is 11.7 Å². The molecule has 3 heterocycles. The van der Waals surface area contributed by atoms with Gasteiger partial charge in [-0.3, -0.25) is 19.2 Å². The average molecular weight is 914 g/mol. The highest BCUT2D eigenvalue weighted by molar-refractivity contribution is 6.39. The minimum Gasteiger partial charge on any atom is -0.460 e. The van der Waals surface area contributed by atoms with E-state index in [0.717, 1.165) is 12.0 Å². The van der Waals surface area contributed by atoms with E-state index in [1.807, 2.05) is 58.1 Å². The van der Waals surface area contributed by atoms with Crippen LogP contribution in [0.4, 0.5) is 0 Å². The van der Waals surface area contributed by atoms with Crippen molar-refractivity contribution in [3.63, 3.8) is 0 Å². The average Bonchev–Trinajstić information content (AvgIpc) is 3.28. The van der Waals surface area contributed by atoms with Crippen LogP contribution in [0.1, 0.15) is 126 Å². The topological polar surface area (TPSA) is 195 Å². The lowest BCUT2D eigenvalue weighted by Crippen LogP contribution is -2.61. The first-order chi connectivity index (χ1) is 30.7. The van der Waals surface area contributed by atoms with E-state index in [0.29, 0.717) is 63.4 Å². The minimum atomic E-state index is -2.43. The number of amides is 1. The Labute approximate surface area is 387 Å². The van der Waals surface area contributed by atoms with Crippen molar-refractivity contribution >= 4 is 29.2 Å². The van der Waals surface area contributed by atoms with Crippen molar-refractivity contribution in [3.05, 3.63) is 47.6 Å². The number of fused-ring (bicyclic) bond motifs is 3. The first-order valence-corrected chi connectivity index (χ1v) is 23.9. The summed E-state index contributed by atoms with van der Waals surface area (Å²) >= 11 is 0. The summed E-state index contributed by atoms with van der Waals surface area (Å²) in [6.45, 7) is 12.7. The molecule has 0 aromatic heterocycles. The summed E-state index contributed by atoms with van der Waals surface area (Å²) in [5.74, 6) is -7.96. The predicted octanol–water partition coefficient (Wildman–Crippen LogP) is 6.18. The fourth-order valence-corrected chi connectivity index (χ4v) is 10.1. The zero-order chi connectivity index (χ0) is 48.2. The molecule has 14 heteroatoms. The van der Waals surface area contributed by atoms with Gasteiger partial charge in [0.15, 0.2) is 5.78 Å². The standard InChI is InChI=1S/C51H79NO13/c1-30-16-12-11-13-17-31(2)42(61-8)28-38-21-19-36(7)51(60,65-38)48(57)49(58)52-23-15-14-18-39(52)50(59)64-43(33(4)26-37-20-22-40(53)44(27-37)62-9)29-41(54)32(3)25-35(6)46(56)47(63-10)45(55)34(5)24-30/h11-13,16-17,25,30,32-34,36-40,42-44,46-47,53,56,60H,14-15,18-24,26-29H2,1-10H3/b13-11?,16-12+,31-17?,35-25+/t30-,32-,33-,34-,36-,37-,38+,39+,40-,42+,43+,44-,46-,47+,51-/m1/s1. The van der Waals surface area contributed by atoms with E-state index in [2.05, 4.69) is 0 Å². The molecule has 0 spiro atoms. The van der Waals surface area contributed by atoms with Crippen LogP contribution in [0, 0.1) is 35.5 Å². The monoisotopic (exact) mass is 914 g/mol. The maximum absolute atomic E-state index is 14.4. The highest BCUT2D eigenvalue weighted by atomic mass is 16.6. The Kier molecular flexibility index (Phi) is 21.0. The molecule has 2 saturated heterocycles. The van der Waals surface area contributed by atoms with E-state index in [1.54, 1.807) is 41.1 Å². The zero-order valence-electron chi connectivity index (χ0n) is 40.6. The van der Waals surface area contributed by atoms with Crippen molar-refractivity contribution in [1.82, 2.24) is 4.90 Å². The first-order valence-electron chi connectivity index (χ1n) is 23.9. The summed E-state index contributed by atoms with van der Waals surface area (Å²) in [5.41, 5.74) is 1.27. The minimum absolute atomic E-state index is 0.0193. The van der Waals surface area contributed by atoms with Crippen molar-refractivity contribution in [2.45, 2.75) is 180 Å². The molecule has 4 rings (SSSR count). The number of Topliss-reactive ketones (excluding diaryl/α,β-unsaturated/α-hetero) is 3. The Morgan fingerprint density at radius 3 is 2.25 bits per heavy atom. The van der Waals surface area contributed by atoms with Gasteiger partial charge in [-0.2, -0.15) is 0 Å². The maximum atomic E-state index is 14.4. The summed E-state index contributed by atoms with van der Waals surface area (Å²) in [5, 5.41) is 33.8. The Hall–Kier alpha value is -3.37. The van der Waals surface area contributed by atoms with E-state index in [1.165, 1.54) is 12.0 Å². The van der Waals surface area contributed by atoms with Crippen molar-refractivity contribution in [1.29, 1.82) is 0 Å². The molecular formula is C51H79NO13. The number of carbonyl (C=O) groups is 5. The first kappa shape index (κ1) is 54.2. The molecule has 1 amide bonds. The highest BCUT2D eigenvalue weighted by Crippen LogP contribution is 2.38. The Morgan fingerprint density at radius 1 is 0.846 bits per heavy atom. The zero-order valence-corrected chi connectivity index (χ0v) is 40.6. The summed E-state index contributed by atoms with van der Waals surface area (Å²) < 4.78 is 29.4. The molecule has 2 bridgehead atoms. The molecule has 3 fully saturated rings. The van der Waals surface area contributed by atoms with E-state index in [9.17, 15) is 39.3 Å². The van der Waals surface area contributed by atoms with Crippen molar-refractivity contribution in [2.75, 3.05) is 27.9 Å². The molecule has 14 nitrogen and oxygen atoms in total. The molecular weight excluding hydrogens is 835 g/mol. The number of ketones is 3. The molecule has 0 aromatic carbocycles. The number of rotatable bonds is 6. The number of esters is 1. The van der Waals surface area contributed by atoms with Gasteiger partial charge in [0.1, 0.15) is 30.1 Å². The van der Waals surface area contributed by atoms with Crippen LogP contribution in [-0.4, -0.2) is 132 Å². The second-order valence-electron chi connectivity index (χ2n) is 19.6. The largest absolute Gasteiger partial charge is 0.460 e. The molecule has 0 aromatic rings. The second kappa shape index (κ2) is 25.1. The van der Waals surface area contributed by atoms with Crippen LogP contribution in [0.3, 0.4) is 0 Å². The third-order valence-electron chi connectivity index (χ3n) is 14.5. The van der Waals surface area contributed by atoms with E-state index in [-0.39, 0.29) is 54.8 Å². The van der Waals surface area contributed by atoms with Crippen LogP contribution in [0.5, 0.6) is 0 Å². The van der Waals surface area contributed by atoms with Gasteiger partial charge in [0, 0.05) is 58.5 Å². The number of allylic oxidation sites excluding steroid dienone is 6. The Morgan fingerprint density at radius 2 is 1.57 bits per heavy atom. The second-order valence-corrected chi connectivity index (χ2v) is 19.6. The van der Waals surface area contributed by atoms with Gasteiger partial charge in [0.05, 0.1) is 24.4 Å². The van der Waals surface area contributed by atoms with E-state index in [4.69, 9.17) is 23.7 Å². The number of cyclic esters (lactones) is 1. The SMILES string of the molecule is CO[C@H]1C[C@@H]2CC[C@@H](C)[C@@](O)(O2)C(=O)C(=O)N2CCCC[C@H]2C(=O)O[C@H]([C@H](C)C[C@H]2CC[C@@H](O)[C@H](OC)C2)CC(=O)[C@H](C)/C=C(\C)[C@@H](O)[C@@H](OC)C(=O)[C@H](C)C[C@H](C)/C=C/C=CC=C1C. The van der Waals surface area contributed by atoms with Crippen LogP contribution in [0.2, 0.25) is 0 Å². The number of carbonyl (C=O) groups excluding carboxylic acids is 5. The van der Waals surface area contributed by atoms with Gasteiger partial charge >= 0.3 is 5.97 Å². The molecule has 0 radical (unpaired) electrons. The van der Waals surface area contributed by atoms with E-state index >= 15 is 0 Å². The van der Waals surface area contributed by atoms with Gasteiger partial charge in [-0.15, -0.1) is 0 Å². The fraction of sp³-hybridized carbons (Fsp3) is 0.745. The Balaban J connectivity index is 1.70. The highest BCUT2D eigenvalue weighted by Gasteiger charge is 2.53. The molecule has 1 aliphatic carbocycles. The van der Waals surface area contributed by atoms with Crippen LogP contribution in [0.15, 0.2) is 47.6 Å². The van der Waals surface area contributed by atoms with Crippen molar-refractivity contribution < 1.29 is 63.0 Å². The summed E-state index contributed by atoms with van der Waals surface area (Å²) in [6, 6.07) is -1.14. The lowest BCUT2D eigenvalue weighted by molar-refractivity contribution is -0.265. The number of ether oxygens (including phenoxy) is 5. The summed E-state index contributed by atoms with van der Waals surface area (Å²) in [4.78, 5) is 71.8. The quantitative estimate of drug-likeness (QED) is 0.156. The fourth-order valence-electron chi connectivity index (χ4n) is 10.1. The smallest absolute Gasteiger partial charge is 0.329 e. The Bertz CT molecular complexity index is 1760. The van der Waals surface area contributed by atoms with Crippen LogP contribution in [0.25, 0.3) is 0 Å². The number of aliphatic hydroxyl groups is 3. The van der Waals surface area contributed by atoms with Gasteiger partial charge in [-0.05, 0) is 107 Å². The molecule has 65 heavy (non-hydrogen) atoms. The third kappa shape index (κ3) is 14.3. The molecule has 366 valence electrons. The number of nitrogens with zero attached hydrogens (tertiary/aromatic N) is 1. The predicted molar refractivity (Wildman–Crippen MR) is 245 cm³/mol. The molecule has 3 N–H and O–H groups in total. The third-order valence-corrected chi connectivity index (χ3v) is 14.5. The molecule has 3 aliphatic heterocycles. The normalized spacial score (nSPS) is 39.1. The molecule has 1 saturated carbocycles. The number of piperidine rings is 1. The van der Waals surface area contributed by atoms with Gasteiger partial charge in [-0.25, -0.2) is 4.79 Å². The lowest BCUT2D eigenvalue weighted by Gasteiger charge is -2.42. The number of methoxy groups -OCH3 is 3. The van der Waals surface area contributed by atoms with Crippen molar-refractivity contribution in [3.8, 4) is 0 Å². The molecule has 0 unspecified atom stereocenters. The van der Waals surface area contributed by atoms with Gasteiger partial charge in [0.2, 0.25) is 5.79 Å². The summed E-state index contributed by atoms with van der Waals surface area (Å²) in [7, 11) is 4.52. The van der Waals surface area contributed by atoms with Crippen LogP contribution >= 0.6 is 0 Å². The van der Waals surface area contributed by atoms with Crippen molar-refractivity contribution in [2.24, 2.45) is 35.5 Å².